The first-order valence-electron chi connectivity index (χ1n) is 7.90. The van der Waals surface area contributed by atoms with Gasteiger partial charge in [0.1, 0.15) is 11.0 Å². The lowest BCUT2D eigenvalue weighted by molar-refractivity contribution is -0.223. The van der Waals surface area contributed by atoms with Gasteiger partial charge in [0.05, 0.1) is 10.1 Å². The number of esters is 1. The van der Waals surface area contributed by atoms with Gasteiger partial charge in [-0.25, -0.2) is 0 Å². The van der Waals surface area contributed by atoms with Crippen molar-refractivity contribution in [3.63, 3.8) is 0 Å². The van der Waals surface area contributed by atoms with E-state index in [9.17, 15) is 4.79 Å². The van der Waals surface area contributed by atoms with Gasteiger partial charge in [0.25, 0.3) is 0 Å². The number of alkyl halides is 2. The largest absolute Gasteiger partial charge is 0.460 e. The van der Waals surface area contributed by atoms with Crippen molar-refractivity contribution < 1.29 is 19.0 Å². The molecule has 0 radical (unpaired) electrons. The maximum atomic E-state index is 11.7. The van der Waals surface area contributed by atoms with Crippen LogP contribution >= 0.6 is 46.4 Å². The fourth-order valence-electron chi connectivity index (χ4n) is 4.06. The monoisotopic (exact) mass is 418 g/mol. The number of halogens is 4. The summed E-state index contributed by atoms with van der Waals surface area (Å²) in [5, 5.41) is 0.289. The van der Waals surface area contributed by atoms with Gasteiger partial charge in [-0.05, 0) is 6.42 Å². The summed E-state index contributed by atoms with van der Waals surface area (Å²) >= 11 is 26.8. The molecule has 0 heterocycles. The summed E-state index contributed by atoms with van der Waals surface area (Å²) < 4.78 is 16.8. The van der Waals surface area contributed by atoms with E-state index in [1.54, 1.807) is 0 Å². The minimum absolute atomic E-state index is 0.0996. The van der Waals surface area contributed by atoms with E-state index in [0.29, 0.717) is 6.42 Å². The van der Waals surface area contributed by atoms with Gasteiger partial charge in [-0.1, -0.05) is 49.4 Å². The molecule has 0 aliphatic heterocycles. The van der Waals surface area contributed by atoms with Crippen LogP contribution in [0, 0.1) is 5.92 Å². The van der Waals surface area contributed by atoms with E-state index in [0.717, 1.165) is 19.3 Å². The Morgan fingerprint density at radius 3 is 2.08 bits per heavy atom. The third-order valence-electron chi connectivity index (χ3n) is 5.04. The Kier molecular flexibility index (Phi) is 6.12. The van der Waals surface area contributed by atoms with Crippen LogP contribution in [0.4, 0.5) is 0 Å². The molecule has 1 saturated carbocycles. The van der Waals surface area contributed by atoms with E-state index in [1.165, 1.54) is 21.1 Å². The third kappa shape index (κ3) is 2.37. The quantitative estimate of drug-likeness (QED) is 0.258. The fourth-order valence-corrected chi connectivity index (χ4v) is 6.22. The molecule has 0 amide bonds. The zero-order valence-corrected chi connectivity index (χ0v) is 17.2. The lowest BCUT2D eigenvalue weighted by Crippen LogP contribution is -2.58. The second-order valence-electron chi connectivity index (χ2n) is 6.21. The Morgan fingerprint density at radius 2 is 1.62 bits per heavy atom. The molecular formula is C16H22Cl4O4. The lowest BCUT2D eigenvalue weighted by Gasteiger charge is -2.40. The molecule has 0 spiro atoms. The van der Waals surface area contributed by atoms with E-state index in [4.69, 9.17) is 60.6 Å². The number of unbranched alkanes of at least 4 members (excludes halogenated alkanes) is 2. The average Bonchev–Trinajstić information content (AvgIpc) is 2.77. The topological polar surface area (TPSA) is 44.8 Å². The van der Waals surface area contributed by atoms with E-state index in [1.807, 2.05) is 0 Å². The molecule has 24 heavy (non-hydrogen) atoms. The first-order chi connectivity index (χ1) is 11.2. The van der Waals surface area contributed by atoms with Crippen molar-refractivity contribution in [3.05, 3.63) is 10.1 Å². The number of rotatable bonds is 7. The lowest BCUT2D eigenvalue weighted by atomic mass is 9.84. The predicted octanol–water partition coefficient (Wildman–Crippen LogP) is 4.78. The van der Waals surface area contributed by atoms with E-state index in [2.05, 4.69) is 6.92 Å². The van der Waals surface area contributed by atoms with Crippen molar-refractivity contribution in [3.8, 4) is 0 Å². The first-order valence-corrected chi connectivity index (χ1v) is 9.41. The van der Waals surface area contributed by atoms with Gasteiger partial charge in [-0.15, -0.1) is 23.2 Å². The van der Waals surface area contributed by atoms with Crippen LogP contribution in [0.5, 0.6) is 0 Å². The third-order valence-corrected chi connectivity index (χ3v) is 7.68. The number of ether oxygens (including phenoxy) is 3. The molecule has 138 valence electrons. The molecule has 2 aliphatic rings. The zero-order chi connectivity index (χ0) is 18.3. The molecule has 8 heteroatoms. The molecule has 2 bridgehead atoms. The molecule has 2 rings (SSSR count). The van der Waals surface area contributed by atoms with E-state index < -0.39 is 27.6 Å². The highest BCUT2D eigenvalue weighted by molar-refractivity contribution is 6.52. The molecule has 0 N–H and O–H groups in total. The molecule has 0 unspecified atom stereocenters. The fraction of sp³-hybridized carbons (Fsp3) is 0.812. The van der Waals surface area contributed by atoms with Crippen molar-refractivity contribution in [1.82, 2.24) is 0 Å². The van der Waals surface area contributed by atoms with Gasteiger partial charge in [0.2, 0.25) is 5.79 Å². The van der Waals surface area contributed by atoms with Gasteiger partial charge >= 0.3 is 5.97 Å². The summed E-state index contributed by atoms with van der Waals surface area (Å²) in [7, 11) is 2.85. The van der Waals surface area contributed by atoms with Crippen molar-refractivity contribution in [1.29, 1.82) is 0 Å². The van der Waals surface area contributed by atoms with Crippen LogP contribution in [0.2, 0.25) is 0 Å². The standard InChI is InChI=1S/C16H22Cl4O4/c1-5-6-7-8-10-13(24-9(2)21)15(20)12(18)11(17)14(10,19)16(15,22-3)23-4/h10,13H,5-8H2,1-4H3/t10-,13+,14-,15-/m1/s1. The number of carbonyl (C=O) groups is 1. The minimum Gasteiger partial charge on any atom is -0.460 e. The van der Waals surface area contributed by atoms with Crippen LogP contribution in [0.1, 0.15) is 39.5 Å². The average molecular weight is 420 g/mol. The maximum absolute atomic E-state index is 11.7. The molecule has 4 atom stereocenters. The second kappa shape index (κ2) is 7.13. The number of methoxy groups -OCH3 is 2. The Bertz CT molecular complexity index is 548. The maximum Gasteiger partial charge on any atom is 0.302 e. The van der Waals surface area contributed by atoms with Crippen molar-refractivity contribution in [2.75, 3.05) is 14.2 Å². The molecule has 0 aromatic heterocycles. The van der Waals surface area contributed by atoms with Gasteiger partial charge in [0, 0.05) is 27.1 Å². The molecule has 0 saturated heterocycles. The normalized spacial score (nSPS) is 37.2. The van der Waals surface area contributed by atoms with Crippen molar-refractivity contribution >= 4 is 52.4 Å². The summed E-state index contributed by atoms with van der Waals surface area (Å²) in [5.74, 6) is -2.40. The summed E-state index contributed by atoms with van der Waals surface area (Å²) in [5.41, 5.74) is 0. The van der Waals surface area contributed by atoms with E-state index in [-0.39, 0.29) is 16.0 Å². The SMILES string of the molecule is CCCCC[C@@H]1[C@H](OC(C)=O)[C@]2(Cl)C(Cl)=C(Cl)[C@@]1(Cl)C2(OC)OC. The van der Waals surface area contributed by atoms with Gasteiger partial charge < -0.3 is 14.2 Å². The molecule has 2 aliphatic carbocycles. The molecule has 0 aromatic rings. The second-order valence-corrected chi connectivity index (χ2v) is 8.16. The Morgan fingerprint density at radius 1 is 1.08 bits per heavy atom. The summed E-state index contributed by atoms with van der Waals surface area (Å²) in [4.78, 5) is 8.85. The number of fused-ring (bicyclic) bond motifs is 2. The van der Waals surface area contributed by atoms with Crippen molar-refractivity contribution in [2.45, 2.75) is 61.2 Å². The van der Waals surface area contributed by atoms with E-state index >= 15 is 0 Å². The molecule has 1 fully saturated rings. The summed E-state index contributed by atoms with van der Waals surface area (Å²) in [6, 6.07) is 0. The van der Waals surface area contributed by atoms with Crippen LogP contribution in [0.15, 0.2) is 10.1 Å². The minimum atomic E-state index is -1.53. The highest BCUT2D eigenvalue weighted by atomic mass is 35.5. The first kappa shape index (κ1) is 20.6. The Hall–Kier alpha value is 0.290. The number of hydrogen-bond donors (Lipinski definition) is 0. The number of carbonyl (C=O) groups excluding carboxylic acids is 1. The Labute approximate surface area is 162 Å². The van der Waals surface area contributed by atoms with Gasteiger partial charge in [-0.3, -0.25) is 4.79 Å². The smallest absolute Gasteiger partial charge is 0.302 e. The summed E-state index contributed by atoms with van der Waals surface area (Å²) in [6.45, 7) is 3.42. The Balaban J connectivity index is 2.60. The van der Waals surface area contributed by atoms with Gasteiger partial charge in [0.15, 0.2) is 4.87 Å². The molecule has 4 nitrogen and oxygen atoms in total. The van der Waals surface area contributed by atoms with Crippen LogP contribution in [0.25, 0.3) is 0 Å². The van der Waals surface area contributed by atoms with Gasteiger partial charge in [-0.2, -0.15) is 0 Å². The summed E-state index contributed by atoms with van der Waals surface area (Å²) in [6.07, 6.45) is 2.77. The number of hydrogen-bond acceptors (Lipinski definition) is 4. The predicted molar refractivity (Wildman–Crippen MR) is 95.8 cm³/mol. The van der Waals surface area contributed by atoms with Crippen molar-refractivity contribution in [2.24, 2.45) is 5.92 Å². The van der Waals surface area contributed by atoms with Crippen LogP contribution in [0.3, 0.4) is 0 Å². The molecule has 0 aromatic carbocycles. The van der Waals surface area contributed by atoms with Crippen LogP contribution in [-0.4, -0.2) is 41.8 Å². The highest BCUT2D eigenvalue weighted by Crippen LogP contribution is 2.72. The van der Waals surface area contributed by atoms with Crippen LogP contribution in [-0.2, 0) is 19.0 Å². The highest BCUT2D eigenvalue weighted by Gasteiger charge is 2.85. The zero-order valence-electron chi connectivity index (χ0n) is 14.1. The van der Waals surface area contributed by atoms with Crippen LogP contribution < -0.4 is 0 Å². The molecular weight excluding hydrogens is 398 g/mol.